The Hall–Kier alpha value is -2.67. The topological polar surface area (TPSA) is 67.8 Å². The van der Waals surface area contributed by atoms with Gasteiger partial charge in [0.05, 0.1) is 6.10 Å². The van der Waals surface area contributed by atoms with E-state index in [4.69, 9.17) is 14.5 Å². The minimum absolute atomic E-state index is 0.0453. The Morgan fingerprint density at radius 1 is 1.19 bits per heavy atom. The summed E-state index contributed by atoms with van der Waals surface area (Å²) in [6.45, 7) is 10.4. The Morgan fingerprint density at radius 3 is 2.71 bits per heavy atom. The van der Waals surface area contributed by atoms with Crippen LogP contribution in [0.1, 0.15) is 54.5 Å². The van der Waals surface area contributed by atoms with Gasteiger partial charge in [-0.15, -0.1) is 0 Å². The molecular weight excluding hydrogens is 392 g/mol. The molecule has 3 heterocycles. The number of carbonyl (C=O) groups is 1. The fourth-order valence-electron chi connectivity index (χ4n) is 4.00. The maximum Gasteiger partial charge on any atom is 0.254 e. The minimum atomic E-state index is 0.0453. The highest BCUT2D eigenvalue weighted by Gasteiger charge is 2.24. The second kappa shape index (κ2) is 9.64. The van der Waals surface area contributed by atoms with Crippen LogP contribution in [0.25, 0.3) is 0 Å². The molecule has 2 aliphatic rings. The second-order valence-corrected chi connectivity index (χ2v) is 8.63. The summed E-state index contributed by atoms with van der Waals surface area (Å²) >= 11 is 0. The van der Waals surface area contributed by atoms with E-state index in [0.717, 1.165) is 55.6 Å². The van der Waals surface area contributed by atoms with Crippen LogP contribution in [0, 0.1) is 6.92 Å². The monoisotopic (exact) mass is 424 g/mol. The predicted molar refractivity (Wildman–Crippen MR) is 120 cm³/mol. The molecule has 7 heteroatoms. The van der Waals surface area contributed by atoms with Crippen molar-refractivity contribution < 1.29 is 14.3 Å². The third-order valence-corrected chi connectivity index (χ3v) is 5.81. The molecule has 0 spiro atoms. The molecule has 7 nitrogen and oxygen atoms in total. The summed E-state index contributed by atoms with van der Waals surface area (Å²) in [5, 5.41) is 0. The van der Waals surface area contributed by atoms with Crippen molar-refractivity contribution >= 4 is 11.7 Å². The largest absolute Gasteiger partial charge is 0.491 e. The summed E-state index contributed by atoms with van der Waals surface area (Å²) < 4.78 is 11.5. The molecule has 1 aromatic heterocycles. The van der Waals surface area contributed by atoms with E-state index in [-0.39, 0.29) is 17.9 Å². The molecule has 2 aliphatic heterocycles. The molecule has 0 saturated carbocycles. The number of aryl methyl sites for hydroxylation is 1. The summed E-state index contributed by atoms with van der Waals surface area (Å²) in [5.74, 6) is 2.87. The third-order valence-electron chi connectivity index (χ3n) is 5.81. The van der Waals surface area contributed by atoms with Crippen LogP contribution in [0.15, 0.2) is 30.3 Å². The first-order chi connectivity index (χ1) is 15.0. The quantitative estimate of drug-likeness (QED) is 0.708. The van der Waals surface area contributed by atoms with Gasteiger partial charge in [0.1, 0.15) is 24.0 Å². The van der Waals surface area contributed by atoms with Gasteiger partial charge >= 0.3 is 0 Å². The smallest absolute Gasteiger partial charge is 0.254 e. The van der Waals surface area contributed by atoms with Gasteiger partial charge in [-0.3, -0.25) is 4.79 Å². The van der Waals surface area contributed by atoms with E-state index in [1.807, 2.05) is 42.2 Å². The molecule has 2 aromatic rings. The van der Waals surface area contributed by atoms with Gasteiger partial charge in [0.2, 0.25) is 0 Å². The number of rotatable bonds is 6. The number of nitrogens with zero attached hydrogens (tertiary/aromatic N) is 4. The number of hydrogen-bond acceptors (Lipinski definition) is 6. The van der Waals surface area contributed by atoms with E-state index in [1.54, 1.807) is 0 Å². The third kappa shape index (κ3) is 5.34. The summed E-state index contributed by atoms with van der Waals surface area (Å²) in [5.41, 5.74) is 1.64. The lowest BCUT2D eigenvalue weighted by Crippen LogP contribution is -2.49. The van der Waals surface area contributed by atoms with E-state index in [9.17, 15) is 4.79 Å². The number of benzene rings is 1. The average molecular weight is 425 g/mol. The lowest BCUT2D eigenvalue weighted by atomic mass is 10.1. The first-order valence-electron chi connectivity index (χ1n) is 11.2. The Bertz CT molecular complexity index is 903. The SMILES string of the molecule is Cc1cc(N2CCN(C(=O)c3cccc(OCC4CCCO4)c3)CC2)nc(C(C)C)n1. The van der Waals surface area contributed by atoms with E-state index >= 15 is 0 Å². The summed E-state index contributed by atoms with van der Waals surface area (Å²) in [6, 6.07) is 9.50. The maximum atomic E-state index is 13.1. The van der Waals surface area contributed by atoms with Gasteiger partial charge in [0.25, 0.3) is 5.91 Å². The number of carbonyl (C=O) groups excluding carboxylic acids is 1. The van der Waals surface area contributed by atoms with Crippen LogP contribution >= 0.6 is 0 Å². The number of ether oxygens (including phenoxy) is 2. The lowest BCUT2D eigenvalue weighted by Gasteiger charge is -2.35. The zero-order chi connectivity index (χ0) is 21.8. The molecule has 1 aromatic carbocycles. The van der Waals surface area contributed by atoms with Crippen LogP contribution in [-0.2, 0) is 4.74 Å². The summed E-state index contributed by atoms with van der Waals surface area (Å²) in [7, 11) is 0. The van der Waals surface area contributed by atoms with Gasteiger partial charge in [0, 0.05) is 56.0 Å². The van der Waals surface area contributed by atoms with Crippen molar-refractivity contribution in [3.8, 4) is 5.75 Å². The molecule has 0 aliphatic carbocycles. The normalized spacial score (nSPS) is 19.2. The molecule has 166 valence electrons. The number of aromatic nitrogens is 2. The van der Waals surface area contributed by atoms with Crippen LogP contribution in [-0.4, -0.2) is 66.3 Å². The number of piperazine rings is 1. The van der Waals surface area contributed by atoms with Crippen molar-refractivity contribution in [2.45, 2.75) is 45.6 Å². The van der Waals surface area contributed by atoms with Gasteiger partial charge in [-0.1, -0.05) is 19.9 Å². The highest BCUT2D eigenvalue weighted by atomic mass is 16.5. The Balaban J connectivity index is 1.35. The molecule has 31 heavy (non-hydrogen) atoms. The van der Waals surface area contributed by atoms with Gasteiger partial charge in [-0.25, -0.2) is 9.97 Å². The van der Waals surface area contributed by atoms with Gasteiger partial charge in [-0.2, -0.15) is 0 Å². The fraction of sp³-hybridized carbons (Fsp3) is 0.542. The predicted octanol–water partition coefficient (Wildman–Crippen LogP) is 3.43. The molecule has 0 N–H and O–H groups in total. The fourth-order valence-corrected chi connectivity index (χ4v) is 4.00. The highest BCUT2D eigenvalue weighted by Crippen LogP contribution is 2.21. The zero-order valence-electron chi connectivity index (χ0n) is 18.7. The average Bonchev–Trinajstić information content (AvgIpc) is 3.31. The Labute approximate surface area is 184 Å². The van der Waals surface area contributed by atoms with Crippen molar-refractivity contribution in [2.75, 3.05) is 44.3 Å². The van der Waals surface area contributed by atoms with Crippen LogP contribution < -0.4 is 9.64 Å². The standard InChI is InChI=1S/C24H32N4O3/c1-17(2)23-25-18(3)14-22(26-23)27-9-11-28(12-10-27)24(29)19-6-4-7-20(15-19)31-16-21-8-5-13-30-21/h4,6-7,14-15,17,21H,5,8-13,16H2,1-3H3. The van der Waals surface area contributed by atoms with Gasteiger partial charge in [0.15, 0.2) is 0 Å². The van der Waals surface area contributed by atoms with Crippen LogP contribution in [0.2, 0.25) is 0 Å². The number of amides is 1. The first-order valence-corrected chi connectivity index (χ1v) is 11.2. The Kier molecular flexibility index (Phi) is 6.70. The molecule has 4 rings (SSSR count). The molecular formula is C24H32N4O3. The molecule has 0 bridgehead atoms. The summed E-state index contributed by atoms with van der Waals surface area (Å²) in [4.78, 5) is 26.5. The van der Waals surface area contributed by atoms with Gasteiger partial charge < -0.3 is 19.3 Å². The van der Waals surface area contributed by atoms with Crippen LogP contribution in [0.4, 0.5) is 5.82 Å². The van der Waals surface area contributed by atoms with Crippen LogP contribution in [0.3, 0.4) is 0 Å². The minimum Gasteiger partial charge on any atom is -0.491 e. The van der Waals surface area contributed by atoms with Gasteiger partial charge in [-0.05, 0) is 38.0 Å². The number of anilines is 1. The zero-order valence-corrected chi connectivity index (χ0v) is 18.7. The molecule has 2 saturated heterocycles. The summed E-state index contributed by atoms with van der Waals surface area (Å²) in [6.07, 6.45) is 2.29. The second-order valence-electron chi connectivity index (χ2n) is 8.63. The van der Waals surface area contributed by atoms with E-state index in [0.29, 0.717) is 25.3 Å². The van der Waals surface area contributed by atoms with E-state index in [2.05, 4.69) is 23.7 Å². The van der Waals surface area contributed by atoms with Crippen molar-refractivity contribution in [1.82, 2.24) is 14.9 Å². The number of hydrogen-bond donors (Lipinski definition) is 0. The van der Waals surface area contributed by atoms with Crippen LogP contribution in [0.5, 0.6) is 5.75 Å². The lowest BCUT2D eigenvalue weighted by molar-refractivity contribution is 0.0677. The van der Waals surface area contributed by atoms with Crippen molar-refractivity contribution in [1.29, 1.82) is 0 Å². The Morgan fingerprint density at radius 2 is 2.00 bits per heavy atom. The van der Waals surface area contributed by atoms with E-state index in [1.165, 1.54) is 0 Å². The molecule has 1 amide bonds. The first kappa shape index (κ1) is 21.6. The van der Waals surface area contributed by atoms with Crippen molar-refractivity contribution in [2.24, 2.45) is 0 Å². The molecule has 1 unspecified atom stereocenters. The van der Waals surface area contributed by atoms with Crippen molar-refractivity contribution in [3.05, 3.63) is 47.4 Å². The van der Waals surface area contributed by atoms with Crippen molar-refractivity contribution in [3.63, 3.8) is 0 Å². The highest BCUT2D eigenvalue weighted by molar-refractivity contribution is 5.94. The van der Waals surface area contributed by atoms with E-state index < -0.39 is 0 Å². The molecule has 2 fully saturated rings. The molecule has 0 radical (unpaired) electrons. The molecule has 1 atom stereocenters. The maximum absolute atomic E-state index is 13.1.